The zero-order chi connectivity index (χ0) is 18.3. The van der Waals surface area contributed by atoms with Crippen molar-refractivity contribution in [3.63, 3.8) is 0 Å². The van der Waals surface area contributed by atoms with Gasteiger partial charge in [-0.1, -0.05) is 51.1 Å². The molecule has 2 rings (SSSR count). The van der Waals surface area contributed by atoms with Gasteiger partial charge in [0.15, 0.2) is 6.19 Å². The molecule has 0 unspecified atom stereocenters. The number of nitriles is 1. The molecule has 5 heteroatoms. The van der Waals surface area contributed by atoms with Crippen LogP contribution in [0.2, 0.25) is 0 Å². The quantitative estimate of drug-likeness (QED) is 0.394. The molecule has 0 amide bonds. The molecule has 0 fully saturated rings. The van der Waals surface area contributed by atoms with Gasteiger partial charge in [-0.05, 0) is 28.7 Å². The first-order valence-corrected chi connectivity index (χ1v) is 8.36. The van der Waals surface area contributed by atoms with Gasteiger partial charge in [-0.3, -0.25) is 4.98 Å². The molecular weight excluding hydrogens is 310 g/mol. The van der Waals surface area contributed by atoms with Crippen LogP contribution in [0.25, 0.3) is 0 Å². The first kappa shape index (κ1) is 18.5. The van der Waals surface area contributed by atoms with Crippen LogP contribution in [0.5, 0.6) is 0 Å². The van der Waals surface area contributed by atoms with E-state index in [1.165, 1.54) is 10.5 Å². The van der Waals surface area contributed by atoms with Crippen LogP contribution < -0.4 is 5.73 Å². The summed E-state index contributed by atoms with van der Waals surface area (Å²) in [5.74, 6) is 0.235. The molecule has 130 valence electrons. The maximum Gasteiger partial charge on any atom is 0.205 e. The summed E-state index contributed by atoms with van der Waals surface area (Å²) in [5, 5.41) is 9.29. The number of benzene rings is 1. The largest absolute Gasteiger partial charge is 0.369 e. The number of guanidine groups is 1. The molecule has 0 aliphatic rings. The van der Waals surface area contributed by atoms with Crippen molar-refractivity contribution >= 4 is 5.96 Å². The lowest BCUT2D eigenvalue weighted by molar-refractivity contribution is 0.561. The Balaban J connectivity index is 1.95. The molecule has 0 bridgehead atoms. The van der Waals surface area contributed by atoms with Crippen molar-refractivity contribution in [3.05, 3.63) is 65.5 Å². The van der Waals surface area contributed by atoms with Gasteiger partial charge in [0.1, 0.15) is 0 Å². The Morgan fingerprint density at radius 1 is 1.20 bits per heavy atom. The van der Waals surface area contributed by atoms with E-state index in [-0.39, 0.29) is 11.4 Å². The molecule has 0 spiro atoms. The highest BCUT2D eigenvalue weighted by Crippen LogP contribution is 2.22. The molecule has 0 radical (unpaired) electrons. The van der Waals surface area contributed by atoms with E-state index >= 15 is 0 Å². The molecule has 2 N–H and O–H groups in total. The van der Waals surface area contributed by atoms with Crippen molar-refractivity contribution in [1.82, 2.24) is 9.88 Å². The summed E-state index contributed by atoms with van der Waals surface area (Å²) in [6, 6.07) is 14.1. The molecule has 0 atom stereocenters. The zero-order valence-corrected chi connectivity index (χ0v) is 15.1. The Bertz CT molecular complexity index is 736. The number of nitrogens with zero attached hydrogens (tertiary/aromatic N) is 4. The molecule has 1 aromatic heterocycles. The van der Waals surface area contributed by atoms with Crippen LogP contribution in [0.1, 0.15) is 37.6 Å². The third-order valence-corrected chi connectivity index (χ3v) is 3.96. The van der Waals surface area contributed by atoms with Crippen molar-refractivity contribution in [2.75, 3.05) is 6.54 Å². The van der Waals surface area contributed by atoms with Crippen LogP contribution in [0, 0.1) is 11.5 Å². The second-order valence-electron chi connectivity index (χ2n) is 6.94. The van der Waals surface area contributed by atoms with Crippen molar-refractivity contribution in [2.45, 2.75) is 39.2 Å². The van der Waals surface area contributed by atoms with Crippen LogP contribution in [-0.2, 0) is 18.4 Å². The highest BCUT2D eigenvalue weighted by Gasteiger charge is 2.13. The van der Waals surface area contributed by atoms with Crippen LogP contribution in [-0.4, -0.2) is 22.4 Å². The molecule has 0 aliphatic heterocycles. The van der Waals surface area contributed by atoms with Crippen LogP contribution >= 0.6 is 0 Å². The molecular formula is C20H25N5. The van der Waals surface area contributed by atoms with Gasteiger partial charge in [-0.25, -0.2) is 9.89 Å². The number of aliphatic imine (C=N–C) groups is 1. The lowest BCUT2D eigenvalue weighted by Gasteiger charge is -2.19. The summed E-state index contributed by atoms with van der Waals surface area (Å²) < 4.78 is 0. The van der Waals surface area contributed by atoms with Crippen LogP contribution in [0.15, 0.2) is 53.7 Å². The minimum absolute atomic E-state index is 0.129. The van der Waals surface area contributed by atoms with Crippen LogP contribution in [0.3, 0.4) is 0 Å². The fourth-order valence-corrected chi connectivity index (χ4v) is 2.36. The van der Waals surface area contributed by atoms with E-state index in [0.717, 1.165) is 11.3 Å². The number of aromatic nitrogens is 1. The molecule has 0 aliphatic carbocycles. The number of pyridine rings is 1. The van der Waals surface area contributed by atoms with Gasteiger partial charge in [-0.2, -0.15) is 5.26 Å². The predicted molar refractivity (Wildman–Crippen MR) is 101 cm³/mol. The molecule has 5 nitrogen and oxygen atoms in total. The lowest BCUT2D eigenvalue weighted by atomic mass is 9.87. The molecule has 0 saturated heterocycles. The van der Waals surface area contributed by atoms with Gasteiger partial charge in [-0.15, -0.1) is 0 Å². The number of hydrogen-bond acceptors (Lipinski definition) is 3. The second kappa shape index (κ2) is 8.29. The van der Waals surface area contributed by atoms with E-state index in [0.29, 0.717) is 19.5 Å². The summed E-state index contributed by atoms with van der Waals surface area (Å²) in [6.07, 6.45) is 4.47. The van der Waals surface area contributed by atoms with E-state index in [4.69, 9.17) is 5.73 Å². The minimum atomic E-state index is 0.129. The van der Waals surface area contributed by atoms with E-state index in [1.54, 1.807) is 6.20 Å². The molecule has 0 saturated carbocycles. The first-order chi connectivity index (χ1) is 11.9. The average Bonchev–Trinajstić information content (AvgIpc) is 2.61. The lowest BCUT2D eigenvalue weighted by Crippen LogP contribution is -2.35. The molecule has 1 aromatic carbocycles. The molecule has 2 aromatic rings. The van der Waals surface area contributed by atoms with E-state index in [1.807, 2.05) is 18.2 Å². The zero-order valence-electron chi connectivity index (χ0n) is 15.1. The average molecular weight is 335 g/mol. The fourth-order valence-electron chi connectivity index (χ4n) is 2.36. The SMILES string of the molecule is CC(C)(C)c1ccc(CN=C(N)N(C#N)CCc2ccccn2)cc1. The Kier molecular flexibility index (Phi) is 6.13. The third kappa shape index (κ3) is 5.61. The van der Waals surface area contributed by atoms with Crippen molar-refractivity contribution in [1.29, 1.82) is 5.26 Å². The van der Waals surface area contributed by atoms with Gasteiger partial charge in [0.05, 0.1) is 6.54 Å². The maximum absolute atomic E-state index is 9.29. The topological polar surface area (TPSA) is 78.3 Å². The van der Waals surface area contributed by atoms with Crippen molar-refractivity contribution < 1.29 is 0 Å². The number of hydrogen-bond donors (Lipinski definition) is 1. The normalized spacial score (nSPS) is 11.8. The standard InChI is InChI=1S/C20H25N5/c1-20(2,3)17-9-7-16(8-10-17)14-24-19(22)25(15-21)13-11-18-6-4-5-12-23-18/h4-10,12H,11,13-14H2,1-3H3,(H2,22,24). The van der Waals surface area contributed by atoms with Gasteiger partial charge in [0.25, 0.3) is 0 Å². The van der Waals surface area contributed by atoms with Gasteiger partial charge >= 0.3 is 0 Å². The van der Waals surface area contributed by atoms with Crippen molar-refractivity contribution in [3.8, 4) is 6.19 Å². The Hall–Kier alpha value is -2.87. The Labute approximate surface area is 149 Å². The molecule has 25 heavy (non-hydrogen) atoms. The van der Waals surface area contributed by atoms with Gasteiger partial charge in [0.2, 0.25) is 5.96 Å². The minimum Gasteiger partial charge on any atom is -0.369 e. The van der Waals surface area contributed by atoms with E-state index in [2.05, 4.69) is 61.2 Å². The highest BCUT2D eigenvalue weighted by atomic mass is 15.2. The predicted octanol–water partition coefficient (Wildman–Crippen LogP) is 3.22. The highest BCUT2D eigenvalue weighted by molar-refractivity contribution is 5.79. The fraction of sp³-hybridized carbons (Fsp3) is 0.350. The molecule has 1 heterocycles. The Morgan fingerprint density at radius 3 is 2.48 bits per heavy atom. The first-order valence-electron chi connectivity index (χ1n) is 8.36. The third-order valence-electron chi connectivity index (χ3n) is 3.96. The summed E-state index contributed by atoms with van der Waals surface area (Å²) in [5.41, 5.74) is 9.37. The smallest absolute Gasteiger partial charge is 0.205 e. The summed E-state index contributed by atoms with van der Waals surface area (Å²) >= 11 is 0. The van der Waals surface area contributed by atoms with Crippen LogP contribution in [0.4, 0.5) is 0 Å². The van der Waals surface area contributed by atoms with Gasteiger partial charge < -0.3 is 5.73 Å². The number of nitrogens with two attached hydrogens (primary N) is 1. The summed E-state index contributed by atoms with van der Waals surface area (Å²) in [7, 11) is 0. The summed E-state index contributed by atoms with van der Waals surface area (Å²) in [6.45, 7) is 7.48. The van der Waals surface area contributed by atoms with Gasteiger partial charge in [0, 0.05) is 24.9 Å². The summed E-state index contributed by atoms with van der Waals surface area (Å²) in [4.78, 5) is 10.00. The maximum atomic E-state index is 9.29. The van der Waals surface area contributed by atoms with E-state index in [9.17, 15) is 5.26 Å². The number of rotatable bonds is 5. The Morgan fingerprint density at radius 2 is 1.92 bits per heavy atom. The second-order valence-corrected chi connectivity index (χ2v) is 6.94. The van der Waals surface area contributed by atoms with Crippen molar-refractivity contribution in [2.24, 2.45) is 10.7 Å². The van der Waals surface area contributed by atoms with E-state index < -0.39 is 0 Å². The monoisotopic (exact) mass is 335 g/mol.